The van der Waals surface area contributed by atoms with Crippen LogP contribution in [0.2, 0.25) is 0 Å². The van der Waals surface area contributed by atoms with E-state index in [9.17, 15) is 8.42 Å². The second-order valence-corrected chi connectivity index (χ2v) is 8.79. The van der Waals surface area contributed by atoms with Gasteiger partial charge in [-0.25, -0.2) is 13.1 Å². The first-order valence-electron chi connectivity index (χ1n) is 10.1. The lowest BCUT2D eigenvalue weighted by atomic mass is 10.1. The topological polar surface area (TPSA) is 46.2 Å². The second kappa shape index (κ2) is 13.3. The molecule has 1 aromatic rings. The maximum absolute atomic E-state index is 12.2. The monoisotopic (exact) mass is 367 g/mol. The van der Waals surface area contributed by atoms with Crippen molar-refractivity contribution in [2.45, 2.75) is 95.8 Å². The van der Waals surface area contributed by atoms with Crippen LogP contribution in [0.3, 0.4) is 0 Å². The van der Waals surface area contributed by atoms with E-state index in [0.29, 0.717) is 11.4 Å². The summed E-state index contributed by atoms with van der Waals surface area (Å²) >= 11 is 0. The van der Waals surface area contributed by atoms with E-state index >= 15 is 0 Å². The maximum Gasteiger partial charge on any atom is 0.240 e. The highest BCUT2D eigenvalue weighted by atomic mass is 32.2. The van der Waals surface area contributed by atoms with Crippen LogP contribution in [0.5, 0.6) is 0 Å². The lowest BCUT2D eigenvalue weighted by molar-refractivity contribution is 0.540. The minimum Gasteiger partial charge on any atom is -0.211 e. The summed E-state index contributed by atoms with van der Waals surface area (Å²) < 4.78 is 27.2. The molecule has 144 valence electrons. The molecule has 1 aromatic carbocycles. The largest absolute Gasteiger partial charge is 0.240 e. The van der Waals surface area contributed by atoms with Gasteiger partial charge in [0.1, 0.15) is 0 Å². The Morgan fingerprint density at radius 2 is 1.24 bits per heavy atom. The number of hydrogen-bond acceptors (Lipinski definition) is 2. The van der Waals surface area contributed by atoms with Gasteiger partial charge in [-0.1, -0.05) is 95.8 Å². The summed E-state index contributed by atoms with van der Waals surface area (Å²) in [4.78, 5) is 0.397. The number of rotatable bonds is 15. The van der Waals surface area contributed by atoms with Gasteiger partial charge in [0.25, 0.3) is 0 Å². The van der Waals surface area contributed by atoms with Crippen molar-refractivity contribution in [2.24, 2.45) is 0 Å². The fraction of sp³-hybridized carbons (Fsp3) is 0.714. The third kappa shape index (κ3) is 10.0. The predicted octanol–water partition coefficient (Wildman–Crippen LogP) is 5.97. The Labute approximate surface area is 155 Å². The molecule has 0 spiro atoms. The Morgan fingerprint density at radius 3 is 1.76 bits per heavy atom. The fourth-order valence-electron chi connectivity index (χ4n) is 3.11. The molecular weight excluding hydrogens is 330 g/mol. The normalized spacial score (nSPS) is 11.8. The van der Waals surface area contributed by atoms with Crippen LogP contribution in [-0.2, 0) is 10.0 Å². The molecule has 3 nitrogen and oxygen atoms in total. The van der Waals surface area contributed by atoms with Crippen LogP contribution in [0.1, 0.15) is 89.5 Å². The van der Waals surface area contributed by atoms with Crippen molar-refractivity contribution in [2.75, 3.05) is 6.54 Å². The summed E-state index contributed by atoms with van der Waals surface area (Å²) in [7, 11) is -3.36. The number of sulfonamides is 1. The van der Waals surface area contributed by atoms with Crippen molar-refractivity contribution in [3.63, 3.8) is 0 Å². The van der Waals surface area contributed by atoms with E-state index in [0.717, 1.165) is 18.4 Å². The number of nitrogens with one attached hydrogen (secondary N) is 1. The van der Waals surface area contributed by atoms with E-state index in [1.807, 2.05) is 19.1 Å². The molecule has 0 aliphatic carbocycles. The number of unbranched alkanes of at least 4 members (excludes halogenated alkanes) is 11. The van der Waals surface area contributed by atoms with E-state index in [2.05, 4.69) is 11.6 Å². The molecule has 25 heavy (non-hydrogen) atoms. The Hall–Kier alpha value is -0.870. The van der Waals surface area contributed by atoms with Gasteiger partial charge in [-0.3, -0.25) is 0 Å². The highest BCUT2D eigenvalue weighted by molar-refractivity contribution is 7.89. The van der Waals surface area contributed by atoms with Crippen LogP contribution in [-0.4, -0.2) is 15.0 Å². The van der Waals surface area contributed by atoms with Crippen LogP contribution in [0.4, 0.5) is 0 Å². The number of aryl methyl sites for hydroxylation is 1. The van der Waals surface area contributed by atoms with Gasteiger partial charge in [0.15, 0.2) is 0 Å². The van der Waals surface area contributed by atoms with E-state index < -0.39 is 10.0 Å². The van der Waals surface area contributed by atoms with Gasteiger partial charge < -0.3 is 0 Å². The minimum absolute atomic E-state index is 0.397. The third-order valence-corrected chi connectivity index (χ3v) is 6.33. The molecule has 1 rings (SSSR count). The number of benzene rings is 1. The van der Waals surface area contributed by atoms with Gasteiger partial charge in [0.05, 0.1) is 4.90 Å². The molecule has 0 atom stereocenters. The highest BCUT2D eigenvalue weighted by Gasteiger charge is 2.14. The Kier molecular flexibility index (Phi) is 11.8. The van der Waals surface area contributed by atoms with Gasteiger partial charge >= 0.3 is 0 Å². The highest BCUT2D eigenvalue weighted by Crippen LogP contribution is 2.14. The Bertz CT molecular complexity index is 555. The zero-order chi connectivity index (χ0) is 18.4. The third-order valence-electron chi connectivity index (χ3n) is 4.71. The van der Waals surface area contributed by atoms with Crippen LogP contribution < -0.4 is 4.72 Å². The van der Waals surface area contributed by atoms with E-state index in [1.165, 1.54) is 64.2 Å². The first kappa shape index (κ1) is 22.2. The fourth-order valence-corrected chi connectivity index (χ4v) is 4.43. The summed E-state index contributed by atoms with van der Waals surface area (Å²) in [5, 5.41) is 0. The average Bonchev–Trinajstić information content (AvgIpc) is 2.59. The van der Waals surface area contributed by atoms with E-state index in [-0.39, 0.29) is 0 Å². The second-order valence-electron chi connectivity index (χ2n) is 7.05. The summed E-state index contributed by atoms with van der Waals surface area (Å²) in [6.07, 6.45) is 15.4. The zero-order valence-electron chi connectivity index (χ0n) is 16.2. The standard InChI is InChI=1S/C21H37NO2S/c1-3-4-5-6-7-8-9-10-11-12-13-16-19-22-25(23,24)21-18-15-14-17-20(21)2/h14-15,17-18,22H,3-13,16,19H2,1-2H3. The van der Waals surface area contributed by atoms with Crippen molar-refractivity contribution in [1.29, 1.82) is 0 Å². The van der Waals surface area contributed by atoms with Gasteiger partial charge in [-0.05, 0) is 25.0 Å². The molecule has 0 fully saturated rings. The van der Waals surface area contributed by atoms with Gasteiger partial charge in [-0.15, -0.1) is 0 Å². The molecule has 0 saturated carbocycles. The summed E-state index contributed by atoms with van der Waals surface area (Å²) in [6, 6.07) is 7.13. The summed E-state index contributed by atoms with van der Waals surface area (Å²) in [5.74, 6) is 0. The molecular formula is C21H37NO2S. The van der Waals surface area contributed by atoms with Crippen molar-refractivity contribution in [1.82, 2.24) is 4.72 Å². The molecule has 0 unspecified atom stereocenters. The molecule has 1 N–H and O–H groups in total. The van der Waals surface area contributed by atoms with Crippen molar-refractivity contribution < 1.29 is 8.42 Å². The van der Waals surface area contributed by atoms with E-state index in [4.69, 9.17) is 0 Å². The number of hydrogen-bond donors (Lipinski definition) is 1. The summed E-state index contributed by atoms with van der Waals surface area (Å²) in [6.45, 7) is 4.63. The van der Waals surface area contributed by atoms with Crippen molar-refractivity contribution in [3.05, 3.63) is 29.8 Å². The maximum atomic E-state index is 12.2. The van der Waals surface area contributed by atoms with Crippen molar-refractivity contribution >= 4 is 10.0 Å². The lowest BCUT2D eigenvalue weighted by Gasteiger charge is -2.09. The molecule has 0 aliphatic rings. The first-order chi connectivity index (χ1) is 12.1. The molecule has 0 radical (unpaired) electrons. The Balaban J connectivity index is 1.99. The molecule has 0 amide bonds. The van der Waals surface area contributed by atoms with E-state index in [1.54, 1.807) is 12.1 Å². The zero-order valence-corrected chi connectivity index (χ0v) is 17.0. The molecule has 4 heteroatoms. The molecule has 0 heterocycles. The van der Waals surface area contributed by atoms with Crippen LogP contribution in [0.15, 0.2) is 29.2 Å². The molecule has 0 saturated heterocycles. The Morgan fingerprint density at radius 1 is 0.760 bits per heavy atom. The van der Waals surface area contributed by atoms with Gasteiger partial charge in [-0.2, -0.15) is 0 Å². The lowest BCUT2D eigenvalue weighted by Crippen LogP contribution is -2.25. The first-order valence-corrected chi connectivity index (χ1v) is 11.6. The SMILES string of the molecule is CCCCCCCCCCCCCCNS(=O)(=O)c1ccccc1C. The summed E-state index contributed by atoms with van der Waals surface area (Å²) in [5.41, 5.74) is 0.796. The molecule has 0 aliphatic heterocycles. The van der Waals surface area contributed by atoms with Gasteiger partial charge in [0.2, 0.25) is 10.0 Å². The average molecular weight is 368 g/mol. The minimum atomic E-state index is -3.36. The molecule has 0 aromatic heterocycles. The van der Waals surface area contributed by atoms with Gasteiger partial charge in [0, 0.05) is 6.54 Å². The predicted molar refractivity (Wildman–Crippen MR) is 107 cm³/mol. The van der Waals surface area contributed by atoms with Crippen LogP contribution >= 0.6 is 0 Å². The molecule has 0 bridgehead atoms. The van der Waals surface area contributed by atoms with Crippen molar-refractivity contribution in [3.8, 4) is 0 Å². The van der Waals surface area contributed by atoms with Crippen LogP contribution in [0, 0.1) is 6.92 Å². The van der Waals surface area contributed by atoms with Crippen LogP contribution in [0.25, 0.3) is 0 Å². The smallest absolute Gasteiger partial charge is 0.211 e. The quantitative estimate of drug-likeness (QED) is 0.388.